The summed E-state index contributed by atoms with van der Waals surface area (Å²) in [6.45, 7) is 13.2. The molecule has 2 aliphatic heterocycles. The van der Waals surface area contributed by atoms with Crippen LogP contribution in [0.4, 0.5) is 0 Å². The van der Waals surface area contributed by atoms with Gasteiger partial charge in [-0.1, -0.05) is 65.0 Å². The Labute approximate surface area is 252 Å². The summed E-state index contributed by atoms with van der Waals surface area (Å²) in [5, 5.41) is 15.7. The van der Waals surface area contributed by atoms with Crippen molar-refractivity contribution in [3.05, 3.63) is 81.7 Å². The molecule has 0 aliphatic carbocycles. The first-order valence-corrected chi connectivity index (χ1v) is 15.6. The topological polar surface area (TPSA) is 89.9 Å². The van der Waals surface area contributed by atoms with Crippen molar-refractivity contribution < 1.29 is 19.5 Å². The summed E-state index contributed by atoms with van der Waals surface area (Å²) in [6, 6.07) is 14.4. The number of rotatable bonds is 7. The number of carbonyl (C=O) groups excluding carboxylic acids is 3. The fourth-order valence-electron chi connectivity index (χ4n) is 6.29. The van der Waals surface area contributed by atoms with Crippen molar-refractivity contribution in [3.8, 4) is 10.4 Å². The number of β-amino-alcohol motifs (C(OH)–C–C–N with tert-alkyl or cyclic N) is 1. The molecule has 1 fully saturated rings. The first-order valence-electron chi connectivity index (χ1n) is 14.7. The minimum absolute atomic E-state index is 0.0667. The van der Waals surface area contributed by atoms with E-state index >= 15 is 0 Å². The molecule has 7 nitrogen and oxygen atoms in total. The predicted octanol–water partition coefficient (Wildman–Crippen LogP) is 5.28. The normalized spacial score (nSPS) is 19.4. The van der Waals surface area contributed by atoms with Crippen molar-refractivity contribution in [1.82, 2.24) is 15.1 Å². The maximum Gasteiger partial charge on any atom is 0.255 e. The minimum Gasteiger partial charge on any atom is -0.391 e. The van der Waals surface area contributed by atoms with Gasteiger partial charge in [-0.05, 0) is 69.7 Å². The molecule has 3 aromatic rings. The predicted molar refractivity (Wildman–Crippen MR) is 166 cm³/mol. The van der Waals surface area contributed by atoms with Crippen LogP contribution in [0.5, 0.6) is 0 Å². The molecule has 5 rings (SSSR count). The fourth-order valence-corrected chi connectivity index (χ4v) is 7.22. The average molecular weight is 588 g/mol. The van der Waals surface area contributed by atoms with Gasteiger partial charge >= 0.3 is 0 Å². The molecule has 1 aromatic heterocycles. The van der Waals surface area contributed by atoms with Gasteiger partial charge in [0.15, 0.2) is 0 Å². The fraction of sp³-hybridized carbons (Fsp3) is 0.441. The van der Waals surface area contributed by atoms with Crippen molar-refractivity contribution in [1.29, 1.82) is 0 Å². The zero-order chi connectivity index (χ0) is 30.3. The Balaban J connectivity index is 1.34. The Kier molecular flexibility index (Phi) is 8.32. The molecule has 8 heteroatoms. The van der Waals surface area contributed by atoms with Crippen LogP contribution in [0.1, 0.15) is 73.7 Å². The van der Waals surface area contributed by atoms with Gasteiger partial charge in [-0.3, -0.25) is 14.4 Å². The SMILES string of the molecule is Cc1ccsc1-c1ccc(CNC(=O)C2CC(O)CN2C(=O)C(C(C)C)N2Cc3ccccc3C2=O)c(C(C)(C)C)c1. The van der Waals surface area contributed by atoms with Crippen LogP contribution in [0, 0.1) is 12.8 Å². The first kappa shape index (κ1) is 30.0. The van der Waals surface area contributed by atoms with E-state index in [0.717, 1.165) is 22.3 Å². The number of nitrogens with zero attached hydrogens (tertiary/aromatic N) is 2. The highest BCUT2D eigenvalue weighted by atomic mass is 32.1. The van der Waals surface area contributed by atoms with Gasteiger partial charge in [-0.25, -0.2) is 0 Å². The minimum atomic E-state index is -0.806. The van der Waals surface area contributed by atoms with Crippen LogP contribution < -0.4 is 5.32 Å². The number of aryl methyl sites for hydroxylation is 1. The standard InChI is InChI=1S/C34H41N3O4S/c1-20(2)29(37-18-24-9-7-8-10-26(24)32(37)40)33(41)36-19-25(38)16-28(36)31(39)35-17-23-12-11-22(15-27(23)34(4,5)6)30-21(3)13-14-42-30/h7-15,20,25,28-29,38H,16-19H2,1-6H3,(H,35,39). The van der Waals surface area contributed by atoms with Crippen LogP contribution in [0.25, 0.3) is 10.4 Å². The summed E-state index contributed by atoms with van der Waals surface area (Å²) in [5.74, 6) is -0.934. The number of nitrogens with one attached hydrogen (secondary N) is 1. The Morgan fingerprint density at radius 3 is 2.50 bits per heavy atom. The number of thiophene rings is 1. The zero-order valence-electron chi connectivity index (χ0n) is 25.3. The highest BCUT2D eigenvalue weighted by molar-refractivity contribution is 7.13. The number of hydrogen-bond donors (Lipinski definition) is 2. The average Bonchev–Trinajstić information content (AvgIpc) is 3.64. The van der Waals surface area contributed by atoms with Gasteiger partial charge in [0.05, 0.1) is 6.10 Å². The first-order chi connectivity index (χ1) is 19.9. The van der Waals surface area contributed by atoms with Crippen molar-refractivity contribution in [3.63, 3.8) is 0 Å². The van der Waals surface area contributed by atoms with Crippen molar-refractivity contribution >= 4 is 29.1 Å². The molecule has 222 valence electrons. The Morgan fingerprint density at radius 2 is 1.86 bits per heavy atom. The van der Waals surface area contributed by atoms with E-state index in [1.807, 2.05) is 32.0 Å². The maximum atomic E-state index is 14.0. The summed E-state index contributed by atoms with van der Waals surface area (Å²) < 4.78 is 0. The van der Waals surface area contributed by atoms with E-state index in [1.54, 1.807) is 22.3 Å². The summed E-state index contributed by atoms with van der Waals surface area (Å²) in [5.41, 5.74) is 5.94. The van der Waals surface area contributed by atoms with Crippen LogP contribution in [-0.4, -0.2) is 57.4 Å². The van der Waals surface area contributed by atoms with Crippen molar-refractivity contribution in [2.75, 3.05) is 6.54 Å². The van der Waals surface area contributed by atoms with Crippen LogP contribution in [0.3, 0.4) is 0 Å². The largest absolute Gasteiger partial charge is 0.391 e. The zero-order valence-corrected chi connectivity index (χ0v) is 26.1. The summed E-state index contributed by atoms with van der Waals surface area (Å²) >= 11 is 1.72. The molecule has 3 amide bonds. The van der Waals surface area contributed by atoms with Gasteiger partial charge in [-0.2, -0.15) is 0 Å². The third kappa shape index (κ3) is 5.75. The highest BCUT2D eigenvalue weighted by Crippen LogP contribution is 2.35. The lowest BCUT2D eigenvalue weighted by atomic mass is 9.82. The third-order valence-corrected chi connectivity index (χ3v) is 9.50. The second-order valence-corrected chi connectivity index (χ2v) is 13.9. The molecule has 0 radical (unpaired) electrons. The summed E-state index contributed by atoms with van der Waals surface area (Å²) in [6.07, 6.45) is -0.637. The lowest BCUT2D eigenvalue weighted by Crippen LogP contribution is -2.55. The van der Waals surface area contributed by atoms with Gasteiger partial charge in [-0.15, -0.1) is 11.3 Å². The van der Waals surface area contributed by atoms with Crippen LogP contribution in [-0.2, 0) is 28.1 Å². The van der Waals surface area contributed by atoms with Crippen molar-refractivity contribution in [2.45, 2.75) is 84.7 Å². The molecule has 2 aliphatic rings. The maximum absolute atomic E-state index is 14.0. The van der Waals surface area contributed by atoms with Gasteiger partial charge < -0.3 is 20.2 Å². The molecule has 0 spiro atoms. The number of carbonyl (C=O) groups is 3. The van der Waals surface area contributed by atoms with E-state index in [-0.39, 0.29) is 42.0 Å². The second-order valence-electron chi connectivity index (χ2n) is 12.9. The molecule has 2 N–H and O–H groups in total. The smallest absolute Gasteiger partial charge is 0.255 e. The molecule has 3 atom stereocenters. The quantitative estimate of drug-likeness (QED) is 0.394. The summed E-state index contributed by atoms with van der Waals surface area (Å²) in [7, 11) is 0. The van der Waals surface area contributed by atoms with Gasteiger partial charge in [0.2, 0.25) is 11.8 Å². The van der Waals surface area contributed by atoms with Gasteiger partial charge in [0.1, 0.15) is 12.1 Å². The van der Waals surface area contributed by atoms with E-state index in [0.29, 0.717) is 18.7 Å². The van der Waals surface area contributed by atoms with E-state index < -0.39 is 18.2 Å². The summed E-state index contributed by atoms with van der Waals surface area (Å²) in [4.78, 5) is 45.2. The Bertz CT molecular complexity index is 1500. The molecule has 1 saturated heterocycles. The molecule has 2 aromatic carbocycles. The molecule has 3 unspecified atom stereocenters. The second kappa shape index (κ2) is 11.7. The van der Waals surface area contributed by atoms with Gasteiger partial charge in [0.25, 0.3) is 5.91 Å². The monoisotopic (exact) mass is 587 g/mol. The number of hydrogen-bond acceptors (Lipinski definition) is 5. The Hall–Kier alpha value is -3.49. The third-order valence-electron chi connectivity index (χ3n) is 8.43. The number of amides is 3. The van der Waals surface area contributed by atoms with E-state index in [4.69, 9.17) is 0 Å². The lowest BCUT2D eigenvalue weighted by Gasteiger charge is -2.35. The molecule has 42 heavy (non-hydrogen) atoms. The number of fused-ring (bicyclic) bond motifs is 1. The number of aliphatic hydroxyl groups excluding tert-OH is 1. The number of aliphatic hydroxyl groups is 1. The molecule has 3 heterocycles. The van der Waals surface area contributed by atoms with Crippen LogP contribution in [0.2, 0.25) is 0 Å². The Morgan fingerprint density at radius 1 is 1.12 bits per heavy atom. The van der Waals surface area contributed by atoms with E-state index in [1.165, 1.54) is 15.3 Å². The lowest BCUT2D eigenvalue weighted by molar-refractivity contribution is -0.143. The molecular weight excluding hydrogens is 546 g/mol. The van der Waals surface area contributed by atoms with E-state index in [2.05, 4.69) is 62.7 Å². The van der Waals surface area contributed by atoms with Gasteiger partial charge in [0, 0.05) is 36.5 Å². The molecule has 0 bridgehead atoms. The molecule has 0 saturated carbocycles. The number of benzene rings is 2. The van der Waals surface area contributed by atoms with Crippen LogP contribution >= 0.6 is 11.3 Å². The highest BCUT2D eigenvalue weighted by Gasteiger charge is 2.45. The van der Waals surface area contributed by atoms with Crippen LogP contribution in [0.15, 0.2) is 53.9 Å². The van der Waals surface area contributed by atoms with E-state index in [9.17, 15) is 19.5 Å². The molecular formula is C34H41N3O4S. The number of likely N-dealkylation sites (tertiary alicyclic amines) is 1. The van der Waals surface area contributed by atoms with Crippen molar-refractivity contribution in [2.24, 2.45) is 5.92 Å².